The highest BCUT2D eigenvalue weighted by Crippen LogP contribution is 2.18. The van der Waals surface area contributed by atoms with Crippen LogP contribution in [0, 0.1) is 0 Å². The van der Waals surface area contributed by atoms with Gasteiger partial charge < -0.3 is 19.9 Å². The molecule has 0 radical (unpaired) electrons. The van der Waals surface area contributed by atoms with Crippen LogP contribution >= 0.6 is 0 Å². The number of oxime groups is 2. The summed E-state index contributed by atoms with van der Waals surface area (Å²) in [6.45, 7) is 0.675. The van der Waals surface area contributed by atoms with Gasteiger partial charge in [-0.3, -0.25) is 0 Å². The Bertz CT molecular complexity index is 442. The Morgan fingerprint density at radius 3 is 2.75 bits per heavy atom. The van der Waals surface area contributed by atoms with Crippen molar-refractivity contribution >= 4 is 11.6 Å². The number of nitrogens with zero attached hydrogens (tertiary/aromatic N) is 2. The van der Waals surface area contributed by atoms with Crippen LogP contribution < -0.4 is 0 Å². The van der Waals surface area contributed by atoms with Gasteiger partial charge in [0.25, 0.3) is 5.90 Å². The second kappa shape index (κ2) is 4.52. The number of para-hydroxylation sites is 1. The molecule has 0 aromatic heterocycles. The van der Waals surface area contributed by atoms with Crippen LogP contribution in [-0.4, -0.2) is 35.1 Å². The Hall–Kier alpha value is -2.24. The van der Waals surface area contributed by atoms with Crippen molar-refractivity contribution in [2.75, 3.05) is 13.2 Å². The van der Waals surface area contributed by atoms with E-state index < -0.39 is 0 Å². The van der Waals surface area contributed by atoms with Crippen molar-refractivity contribution in [1.82, 2.24) is 0 Å². The molecule has 1 aromatic rings. The van der Waals surface area contributed by atoms with Crippen LogP contribution in [0.1, 0.15) is 5.56 Å². The number of hydrogen-bond donors (Lipinski definition) is 2. The molecule has 0 amide bonds. The lowest BCUT2D eigenvalue weighted by atomic mass is 10.1. The van der Waals surface area contributed by atoms with E-state index in [1.54, 1.807) is 18.2 Å². The Balaban J connectivity index is 2.37. The first-order chi connectivity index (χ1) is 7.83. The number of phenolic OH excluding ortho intramolecular Hbond substituents is 1. The fraction of sp³-hybridized carbons (Fsp3) is 0.200. The molecule has 6 nitrogen and oxygen atoms in total. The van der Waals surface area contributed by atoms with Gasteiger partial charge in [0.05, 0.1) is 5.56 Å². The predicted octanol–water partition coefficient (Wildman–Crippen LogP) is 0.931. The Morgan fingerprint density at radius 1 is 1.31 bits per heavy atom. The summed E-state index contributed by atoms with van der Waals surface area (Å²) >= 11 is 0. The lowest BCUT2D eigenvalue weighted by molar-refractivity contribution is 0.0674. The third-order valence-corrected chi connectivity index (χ3v) is 2.02. The first kappa shape index (κ1) is 10.3. The van der Waals surface area contributed by atoms with Gasteiger partial charge in [0, 0.05) is 0 Å². The van der Waals surface area contributed by atoms with Gasteiger partial charge in [-0.15, -0.1) is 0 Å². The topological polar surface area (TPSA) is 83.6 Å². The van der Waals surface area contributed by atoms with Gasteiger partial charge in [0.2, 0.25) is 0 Å². The summed E-state index contributed by atoms with van der Waals surface area (Å²) in [5, 5.41) is 25.2. The lowest BCUT2D eigenvalue weighted by Crippen LogP contribution is -2.25. The SMILES string of the molecule is O/N=C(\C1=NOCCO1)c1ccccc1O. The molecule has 1 heterocycles. The van der Waals surface area contributed by atoms with Gasteiger partial charge >= 0.3 is 0 Å². The van der Waals surface area contributed by atoms with Crippen LogP contribution in [0.15, 0.2) is 34.6 Å². The number of phenols is 1. The first-order valence-electron chi connectivity index (χ1n) is 4.66. The molecule has 84 valence electrons. The molecule has 0 saturated heterocycles. The minimum Gasteiger partial charge on any atom is -0.507 e. The standard InChI is InChI=1S/C10H10N2O4/c13-8-4-2-1-3-7(8)9(11-14)10-12-16-6-5-15-10/h1-4,13-14H,5-6H2/b11-9-. The number of aromatic hydroxyl groups is 1. The minimum absolute atomic E-state index is 0.0211. The molecule has 0 fully saturated rings. The van der Waals surface area contributed by atoms with E-state index >= 15 is 0 Å². The van der Waals surface area contributed by atoms with Gasteiger partial charge in [-0.25, -0.2) is 0 Å². The normalized spacial score (nSPS) is 16.0. The largest absolute Gasteiger partial charge is 0.507 e. The Labute approximate surface area is 91.4 Å². The van der Waals surface area contributed by atoms with Gasteiger partial charge in [0.15, 0.2) is 12.3 Å². The second-order valence-electron chi connectivity index (χ2n) is 3.04. The molecular weight excluding hydrogens is 212 g/mol. The van der Waals surface area contributed by atoms with Crippen LogP contribution in [-0.2, 0) is 9.57 Å². The van der Waals surface area contributed by atoms with E-state index in [1.165, 1.54) is 6.07 Å². The highest BCUT2D eigenvalue weighted by Gasteiger charge is 2.20. The third-order valence-electron chi connectivity index (χ3n) is 2.02. The van der Waals surface area contributed by atoms with Gasteiger partial charge in [-0.05, 0) is 17.3 Å². The van der Waals surface area contributed by atoms with Crippen LogP contribution in [0.3, 0.4) is 0 Å². The van der Waals surface area contributed by atoms with Crippen LogP contribution in [0.2, 0.25) is 0 Å². The number of ether oxygens (including phenoxy) is 1. The molecule has 1 aliphatic rings. The van der Waals surface area contributed by atoms with E-state index in [0.717, 1.165) is 0 Å². The molecule has 0 aliphatic carbocycles. The zero-order chi connectivity index (χ0) is 11.4. The summed E-state index contributed by atoms with van der Waals surface area (Å²) in [6, 6.07) is 6.42. The maximum absolute atomic E-state index is 9.60. The molecular formula is C10H10N2O4. The average Bonchev–Trinajstić information content (AvgIpc) is 2.34. The summed E-state index contributed by atoms with van der Waals surface area (Å²) in [7, 11) is 0. The summed E-state index contributed by atoms with van der Waals surface area (Å²) in [5.41, 5.74) is 0.368. The number of hydrogen-bond acceptors (Lipinski definition) is 6. The second-order valence-corrected chi connectivity index (χ2v) is 3.04. The highest BCUT2D eigenvalue weighted by molar-refractivity contribution is 6.45. The van der Waals surface area contributed by atoms with Crippen LogP contribution in [0.4, 0.5) is 0 Å². The molecule has 0 bridgehead atoms. The smallest absolute Gasteiger partial charge is 0.280 e. The Morgan fingerprint density at radius 2 is 2.12 bits per heavy atom. The molecule has 0 unspecified atom stereocenters. The van der Waals surface area contributed by atoms with Crippen molar-refractivity contribution in [2.24, 2.45) is 10.3 Å². The maximum Gasteiger partial charge on any atom is 0.280 e. The van der Waals surface area contributed by atoms with E-state index in [0.29, 0.717) is 18.8 Å². The van der Waals surface area contributed by atoms with Crippen molar-refractivity contribution < 1.29 is 19.9 Å². The van der Waals surface area contributed by atoms with Crippen molar-refractivity contribution in [3.63, 3.8) is 0 Å². The minimum atomic E-state index is -0.0211. The zero-order valence-corrected chi connectivity index (χ0v) is 8.33. The molecule has 2 rings (SSSR count). The summed E-state index contributed by atoms with van der Waals surface area (Å²) < 4.78 is 5.16. The first-order valence-corrected chi connectivity index (χ1v) is 4.66. The van der Waals surface area contributed by atoms with E-state index in [1.807, 2.05) is 0 Å². The van der Waals surface area contributed by atoms with Crippen molar-refractivity contribution in [1.29, 1.82) is 0 Å². The van der Waals surface area contributed by atoms with Crippen LogP contribution in [0.25, 0.3) is 0 Å². The quantitative estimate of drug-likeness (QED) is 0.443. The highest BCUT2D eigenvalue weighted by atomic mass is 16.7. The molecule has 0 saturated carbocycles. The van der Waals surface area contributed by atoms with E-state index in [4.69, 9.17) is 14.8 Å². The maximum atomic E-state index is 9.60. The number of benzene rings is 1. The van der Waals surface area contributed by atoms with Gasteiger partial charge in [-0.1, -0.05) is 17.3 Å². The molecule has 0 atom stereocenters. The summed E-state index contributed by atoms with van der Waals surface area (Å²) in [4.78, 5) is 4.82. The zero-order valence-electron chi connectivity index (χ0n) is 8.33. The average molecular weight is 222 g/mol. The molecule has 2 N–H and O–H groups in total. The van der Waals surface area contributed by atoms with Gasteiger partial charge in [0.1, 0.15) is 12.4 Å². The van der Waals surface area contributed by atoms with Crippen molar-refractivity contribution in [3.8, 4) is 5.75 Å². The van der Waals surface area contributed by atoms with E-state index in [9.17, 15) is 5.11 Å². The van der Waals surface area contributed by atoms with Crippen LogP contribution in [0.5, 0.6) is 5.75 Å². The predicted molar refractivity (Wildman–Crippen MR) is 55.8 cm³/mol. The van der Waals surface area contributed by atoms with E-state index in [2.05, 4.69) is 10.3 Å². The lowest BCUT2D eigenvalue weighted by Gasteiger charge is -2.14. The monoisotopic (exact) mass is 222 g/mol. The molecule has 16 heavy (non-hydrogen) atoms. The Kier molecular flexibility index (Phi) is 2.90. The third kappa shape index (κ3) is 1.90. The summed E-state index contributed by atoms with van der Waals surface area (Å²) in [5.74, 6) is 0.0300. The molecule has 1 aromatic carbocycles. The fourth-order valence-corrected chi connectivity index (χ4v) is 1.30. The van der Waals surface area contributed by atoms with Crippen molar-refractivity contribution in [3.05, 3.63) is 29.8 Å². The van der Waals surface area contributed by atoms with Crippen molar-refractivity contribution in [2.45, 2.75) is 0 Å². The molecule has 1 aliphatic heterocycles. The number of rotatable bonds is 2. The fourth-order valence-electron chi connectivity index (χ4n) is 1.30. The molecule has 6 heteroatoms. The van der Waals surface area contributed by atoms with E-state index in [-0.39, 0.29) is 17.4 Å². The summed E-state index contributed by atoms with van der Waals surface area (Å²) in [6.07, 6.45) is 0. The molecule has 0 spiro atoms. The van der Waals surface area contributed by atoms with Gasteiger partial charge in [-0.2, -0.15) is 0 Å².